The summed E-state index contributed by atoms with van der Waals surface area (Å²) in [6.07, 6.45) is 0.873. The number of hydrogen-bond acceptors (Lipinski definition) is 7. The van der Waals surface area contributed by atoms with Gasteiger partial charge in [-0.2, -0.15) is 4.37 Å². The zero-order chi connectivity index (χ0) is 24.8. The first kappa shape index (κ1) is 25.3. The van der Waals surface area contributed by atoms with E-state index >= 15 is 0 Å². The number of hydrogen-bond donors (Lipinski definition) is 2. The minimum atomic E-state index is -0.365. The Morgan fingerprint density at radius 2 is 1.65 bits per heavy atom. The number of anilines is 1. The Kier molecular flexibility index (Phi) is 8.36. The molecule has 4 N–H and O–H groups in total. The molecule has 1 amide bonds. The lowest BCUT2D eigenvalue weighted by atomic mass is 9.98. The van der Waals surface area contributed by atoms with Gasteiger partial charge in [0.25, 0.3) is 5.91 Å². The van der Waals surface area contributed by atoms with E-state index in [1.807, 2.05) is 49.6 Å². The molecule has 0 aliphatic heterocycles. The number of benzene rings is 2. The van der Waals surface area contributed by atoms with E-state index in [4.69, 9.17) is 18.9 Å². The van der Waals surface area contributed by atoms with Gasteiger partial charge in [0, 0.05) is 22.4 Å². The average molecular weight is 487 g/mol. The van der Waals surface area contributed by atoms with Gasteiger partial charge in [-0.15, -0.1) is 0 Å². The van der Waals surface area contributed by atoms with Crippen molar-refractivity contribution in [2.45, 2.75) is 26.3 Å². The van der Waals surface area contributed by atoms with Crippen molar-refractivity contribution in [1.29, 1.82) is 0 Å². The molecule has 3 aromatic rings. The average Bonchev–Trinajstić information content (AvgIpc) is 3.36. The summed E-state index contributed by atoms with van der Waals surface area (Å²) in [5, 5.41) is 4.96. The summed E-state index contributed by atoms with van der Waals surface area (Å²) in [5.74, 6) is 2.21. The molecule has 8 nitrogen and oxygen atoms in total. The predicted molar refractivity (Wildman–Crippen MR) is 134 cm³/mol. The van der Waals surface area contributed by atoms with E-state index in [-0.39, 0.29) is 17.9 Å². The highest BCUT2D eigenvalue weighted by molar-refractivity contribution is 7.04. The van der Waals surface area contributed by atoms with E-state index in [1.54, 1.807) is 28.4 Å². The maximum Gasteiger partial charge on any atom is 0.282 e. The van der Waals surface area contributed by atoms with Crippen molar-refractivity contribution in [1.82, 2.24) is 4.37 Å². The second kappa shape index (κ2) is 11.2. The second-order valence-corrected chi connectivity index (χ2v) is 8.52. The lowest BCUT2D eigenvalue weighted by molar-refractivity contribution is -0.414. The Hall–Kier alpha value is -3.30. The molecule has 1 unspecified atom stereocenters. The Labute approximate surface area is 204 Å². The predicted octanol–water partition coefficient (Wildman–Crippen LogP) is 4.11. The van der Waals surface area contributed by atoms with Crippen molar-refractivity contribution in [3.05, 3.63) is 35.7 Å². The molecule has 1 heterocycles. The molecule has 2 aromatic carbocycles. The standard InChI is InChI=1S/C25H31N3O5S/c1-7-14(2)22(26)25(29)27-18-10-15(8-9-19(18)30-3)17-13-34-28-23(17)16-11-20(31-4)24(33-6)21(12-16)32-5/h8-14,22H,7,26H2,1-6H3,(H,27,29)/p+1/t14?,22-/m1/s1. The van der Waals surface area contributed by atoms with Crippen molar-refractivity contribution >= 4 is 23.1 Å². The molecule has 0 fully saturated rings. The van der Waals surface area contributed by atoms with Crippen molar-refractivity contribution in [3.63, 3.8) is 0 Å². The fourth-order valence-electron chi connectivity index (χ4n) is 3.61. The van der Waals surface area contributed by atoms with Crippen molar-refractivity contribution < 1.29 is 29.5 Å². The number of methoxy groups -OCH3 is 4. The van der Waals surface area contributed by atoms with Crippen LogP contribution >= 0.6 is 11.5 Å². The van der Waals surface area contributed by atoms with Crippen molar-refractivity contribution in [2.75, 3.05) is 33.8 Å². The second-order valence-electron chi connectivity index (χ2n) is 7.89. The first-order valence-corrected chi connectivity index (χ1v) is 11.8. The highest BCUT2D eigenvalue weighted by Crippen LogP contribution is 2.44. The SMILES string of the molecule is CCC(C)[C@@H]([NH3+])C(=O)Nc1cc(-c2csnc2-c2cc(OC)c(OC)c(OC)c2)ccc1OC. The highest BCUT2D eigenvalue weighted by atomic mass is 32.1. The van der Waals surface area contributed by atoms with Gasteiger partial charge in [0.05, 0.1) is 39.8 Å². The van der Waals surface area contributed by atoms with Crippen LogP contribution in [0.5, 0.6) is 23.0 Å². The largest absolute Gasteiger partial charge is 0.495 e. The van der Waals surface area contributed by atoms with Gasteiger partial charge >= 0.3 is 0 Å². The number of rotatable bonds is 10. The van der Waals surface area contributed by atoms with E-state index in [2.05, 4.69) is 15.4 Å². The Bertz CT molecular complexity index is 1120. The number of quaternary nitrogens is 1. The molecular weight excluding hydrogens is 454 g/mol. The van der Waals surface area contributed by atoms with Crippen LogP contribution in [0.3, 0.4) is 0 Å². The molecule has 0 aliphatic carbocycles. The number of nitrogens with zero attached hydrogens (tertiary/aromatic N) is 1. The van der Waals surface area contributed by atoms with Gasteiger partial charge in [0.2, 0.25) is 5.75 Å². The fraction of sp³-hybridized carbons (Fsp3) is 0.360. The molecule has 0 saturated carbocycles. The van der Waals surface area contributed by atoms with Gasteiger partial charge < -0.3 is 30.0 Å². The summed E-state index contributed by atoms with van der Waals surface area (Å²) < 4.78 is 26.6. The number of amides is 1. The first-order valence-electron chi connectivity index (χ1n) is 10.9. The minimum Gasteiger partial charge on any atom is -0.495 e. The third-order valence-electron chi connectivity index (χ3n) is 5.94. The zero-order valence-corrected chi connectivity index (χ0v) is 21.2. The number of aromatic nitrogens is 1. The molecule has 0 aliphatic rings. The number of ether oxygens (including phenoxy) is 4. The Morgan fingerprint density at radius 3 is 2.21 bits per heavy atom. The molecule has 3 rings (SSSR count). The van der Waals surface area contributed by atoms with Gasteiger partial charge in [-0.3, -0.25) is 4.79 Å². The van der Waals surface area contributed by atoms with Gasteiger partial charge in [0.1, 0.15) is 5.75 Å². The van der Waals surface area contributed by atoms with Crippen LogP contribution in [-0.4, -0.2) is 44.8 Å². The van der Waals surface area contributed by atoms with Crippen LogP contribution in [0.1, 0.15) is 20.3 Å². The molecule has 0 bridgehead atoms. The molecule has 2 atom stereocenters. The van der Waals surface area contributed by atoms with Crippen molar-refractivity contribution in [3.8, 4) is 45.4 Å². The lowest BCUT2D eigenvalue weighted by Gasteiger charge is -2.17. The third kappa shape index (κ3) is 5.10. The van der Waals surface area contributed by atoms with Crippen molar-refractivity contribution in [2.24, 2.45) is 5.92 Å². The molecule has 182 valence electrons. The van der Waals surface area contributed by atoms with E-state index in [9.17, 15) is 4.79 Å². The summed E-state index contributed by atoms with van der Waals surface area (Å²) in [7, 11) is 6.31. The summed E-state index contributed by atoms with van der Waals surface area (Å²) >= 11 is 1.34. The quantitative estimate of drug-likeness (QED) is 0.447. The van der Waals surface area contributed by atoms with Gasteiger partial charge in [-0.1, -0.05) is 19.9 Å². The summed E-state index contributed by atoms with van der Waals surface area (Å²) in [4.78, 5) is 12.8. The van der Waals surface area contributed by atoms with E-state index in [0.29, 0.717) is 28.7 Å². The Balaban J connectivity index is 2.03. The molecular formula is C25H32N3O5S+. The summed E-state index contributed by atoms with van der Waals surface area (Å²) in [5.41, 5.74) is 8.01. The van der Waals surface area contributed by atoms with Crippen LogP contribution in [0.4, 0.5) is 5.69 Å². The number of carbonyl (C=O) groups excluding carboxylic acids is 1. The fourth-order valence-corrected chi connectivity index (χ4v) is 4.32. The zero-order valence-electron chi connectivity index (χ0n) is 20.4. The maximum atomic E-state index is 12.8. The maximum absolute atomic E-state index is 12.8. The minimum absolute atomic E-state index is 0.141. The molecule has 34 heavy (non-hydrogen) atoms. The van der Waals surface area contributed by atoms with Crippen LogP contribution in [0.2, 0.25) is 0 Å². The summed E-state index contributed by atoms with van der Waals surface area (Å²) in [6, 6.07) is 9.04. The van der Waals surface area contributed by atoms with E-state index < -0.39 is 0 Å². The van der Waals surface area contributed by atoms with Crippen LogP contribution in [0.25, 0.3) is 22.4 Å². The van der Waals surface area contributed by atoms with E-state index in [1.165, 1.54) is 11.5 Å². The van der Waals surface area contributed by atoms with Crippen LogP contribution in [0.15, 0.2) is 35.7 Å². The topological polar surface area (TPSA) is 107 Å². The molecule has 0 saturated heterocycles. The number of carbonyl (C=O) groups is 1. The van der Waals surface area contributed by atoms with Crippen LogP contribution in [-0.2, 0) is 4.79 Å². The van der Waals surface area contributed by atoms with Gasteiger partial charge in [0.15, 0.2) is 17.5 Å². The lowest BCUT2D eigenvalue weighted by Crippen LogP contribution is -2.69. The smallest absolute Gasteiger partial charge is 0.282 e. The highest BCUT2D eigenvalue weighted by Gasteiger charge is 2.25. The van der Waals surface area contributed by atoms with Crippen LogP contribution < -0.4 is 30.0 Å². The molecule has 0 spiro atoms. The number of nitrogens with one attached hydrogen (secondary N) is 1. The molecule has 9 heteroatoms. The van der Waals surface area contributed by atoms with Gasteiger partial charge in [-0.25, -0.2) is 0 Å². The first-order chi connectivity index (χ1) is 16.4. The van der Waals surface area contributed by atoms with E-state index in [0.717, 1.165) is 28.8 Å². The summed E-state index contributed by atoms with van der Waals surface area (Å²) in [6.45, 7) is 4.07. The Morgan fingerprint density at radius 1 is 1.00 bits per heavy atom. The molecule has 0 radical (unpaired) electrons. The van der Waals surface area contributed by atoms with Crippen LogP contribution in [0, 0.1) is 5.92 Å². The third-order valence-corrected chi connectivity index (χ3v) is 6.57. The van der Waals surface area contributed by atoms with Gasteiger partial charge in [-0.05, 0) is 47.8 Å². The monoisotopic (exact) mass is 486 g/mol. The molecule has 1 aromatic heterocycles. The normalized spacial score (nSPS) is 12.6.